The standard InChI is InChI=1S/C29H33N5O6S/c1-20-3-6-22(7-4-20)41(37,38)34-14-11-23-25(34)9-8-24(29(36)32-26-10-5-21(2)19-31-26)28(23)33-27(35)12-15-39-17-18-40-16-13-30/h3-11,14,19H,12-13,15-18,30H2,1-2H3,(H,33,35)(H,31,32,36). The molecular weight excluding hydrogens is 546 g/mol. The van der Waals surface area contributed by atoms with Gasteiger partial charge in [-0.1, -0.05) is 23.8 Å². The smallest absolute Gasteiger partial charge is 0.268 e. The van der Waals surface area contributed by atoms with Gasteiger partial charge in [0.1, 0.15) is 5.82 Å². The van der Waals surface area contributed by atoms with Gasteiger partial charge < -0.3 is 25.8 Å². The number of amides is 2. The van der Waals surface area contributed by atoms with Crippen molar-refractivity contribution in [3.05, 3.63) is 83.7 Å². The van der Waals surface area contributed by atoms with Crippen LogP contribution < -0.4 is 16.4 Å². The number of fused-ring (bicyclic) bond motifs is 1. The third-order valence-electron chi connectivity index (χ3n) is 6.18. The minimum atomic E-state index is -3.94. The van der Waals surface area contributed by atoms with E-state index in [2.05, 4.69) is 15.6 Å². The average Bonchev–Trinajstić information content (AvgIpc) is 3.40. The highest BCUT2D eigenvalue weighted by Gasteiger charge is 2.23. The summed E-state index contributed by atoms with van der Waals surface area (Å²) in [5.74, 6) is -0.583. The van der Waals surface area contributed by atoms with Crippen molar-refractivity contribution in [3.63, 3.8) is 0 Å². The topological polar surface area (TPSA) is 155 Å². The zero-order valence-electron chi connectivity index (χ0n) is 22.9. The van der Waals surface area contributed by atoms with Crippen LogP contribution in [0.25, 0.3) is 10.9 Å². The van der Waals surface area contributed by atoms with Crippen LogP contribution in [-0.2, 0) is 24.3 Å². The Kier molecular flexibility index (Phi) is 9.84. The Balaban J connectivity index is 1.63. The van der Waals surface area contributed by atoms with E-state index in [-0.39, 0.29) is 29.2 Å². The van der Waals surface area contributed by atoms with Crippen molar-refractivity contribution in [1.82, 2.24) is 8.96 Å². The summed E-state index contributed by atoms with van der Waals surface area (Å²) in [4.78, 5) is 30.6. The molecule has 12 heteroatoms. The Morgan fingerprint density at radius 1 is 0.878 bits per heavy atom. The number of hydrogen-bond acceptors (Lipinski definition) is 8. The second-order valence-electron chi connectivity index (χ2n) is 9.34. The lowest BCUT2D eigenvalue weighted by Gasteiger charge is -2.14. The molecule has 4 aromatic rings. The Morgan fingerprint density at radius 3 is 2.27 bits per heavy atom. The molecule has 0 aliphatic heterocycles. The second kappa shape index (κ2) is 13.5. The van der Waals surface area contributed by atoms with E-state index in [0.29, 0.717) is 43.1 Å². The second-order valence-corrected chi connectivity index (χ2v) is 11.2. The summed E-state index contributed by atoms with van der Waals surface area (Å²) in [7, 11) is -3.94. The molecule has 216 valence electrons. The van der Waals surface area contributed by atoms with Gasteiger partial charge in [0.15, 0.2) is 0 Å². The van der Waals surface area contributed by atoms with Crippen molar-refractivity contribution in [2.45, 2.75) is 25.2 Å². The van der Waals surface area contributed by atoms with E-state index in [1.54, 1.807) is 36.5 Å². The fourth-order valence-electron chi connectivity index (χ4n) is 4.05. The minimum Gasteiger partial charge on any atom is -0.379 e. The van der Waals surface area contributed by atoms with E-state index in [1.807, 2.05) is 19.9 Å². The number of nitrogens with zero attached hydrogens (tertiary/aromatic N) is 2. The predicted octanol–water partition coefficient (Wildman–Crippen LogP) is 3.46. The van der Waals surface area contributed by atoms with Crippen LogP contribution in [0, 0.1) is 13.8 Å². The highest BCUT2D eigenvalue weighted by atomic mass is 32.2. The van der Waals surface area contributed by atoms with Gasteiger partial charge in [0.05, 0.1) is 54.5 Å². The molecule has 0 aliphatic carbocycles. The van der Waals surface area contributed by atoms with Crippen LogP contribution in [-0.4, -0.2) is 62.2 Å². The number of hydrogen-bond donors (Lipinski definition) is 3. The Morgan fingerprint density at radius 2 is 1.59 bits per heavy atom. The van der Waals surface area contributed by atoms with Crippen LogP contribution >= 0.6 is 0 Å². The zero-order chi connectivity index (χ0) is 29.4. The molecule has 2 amide bonds. The first-order valence-corrected chi connectivity index (χ1v) is 14.5. The molecule has 0 unspecified atom stereocenters. The van der Waals surface area contributed by atoms with Gasteiger partial charge in [-0.15, -0.1) is 0 Å². The van der Waals surface area contributed by atoms with Crippen molar-refractivity contribution >= 4 is 44.2 Å². The molecule has 0 spiro atoms. The summed E-state index contributed by atoms with van der Waals surface area (Å²) in [6, 6.07) is 14.6. The lowest BCUT2D eigenvalue weighted by atomic mass is 10.1. The van der Waals surface area contributed by atoms with Gasteiger partial charge in [-0.3, -0.25) is 9.59 Å². The molecule has 0 aliphatic rings. The van der Waals surface area contributed by atoms with E-state index >= 15 is 0 Å². The molecule has 0 atom stereocenters. The van der Waals surface area contributed by atoms with Crippen LogP contribution in [0.1, 0.15) is 27.9 Å². The first-order chi connectivity index (χ1) is 19.7. The number of carbonyl (C=O) groups excluding carboxylic acids is 2. The summed E-state index contributed by atoms with van der Waals surface area (Å²) >= 11 is 0. The van der Waals surface area contributed by atoms with E-state index in [9.17, 15) is 18.0 Å². The van der Waals surface area contributed by atoms with Gasteiger partial charge in [0.25, 0.3) is 15.9 Å². The number of carbonyl (C=O) groups is 2. The van der Waals surface area contributed by atoms with Crippen LogP contribution in [0.5, 0.6) is 0 Å². The number of aromatic nitrogens is 2. The third-order valence-corrected chi connectivity index (χ3v) is 7.89. The molecular formula is C29H33N5O6S. The maximum atomic E-state index is 13.5. The Bertz CT molecular complexity index is 1620. The summed E-state index contributed by atoms with van der Waals surface area (Å²) in [5.41, 5.74) is 7.87. The molecule has 0 fully saturated rings. The van der Waals surface area contributed by atoms with Gasteiger partial charge in [0, 0.05) is 24.3 Å². The maximum Gasteiger partial charge on any atom is 0.268 e. The van der Waals surface area contributed by atoms with E-state index < -0.39 is 21.8 Å². The predicted molar refractivity (Wildman–Crippen MR) is 157 cm³/mol. The molecule has 4 rings (SSSR count). The van der Waals surface area contributed by atoms with Gasteiger partial charge >= 0.3 is 0 Å². The lowest BCUT2D eigenvalue weighted by molar-refractivity contribution is -0.117. The number of rotatable bonds is 13. The minimum absolute atomic E-state index is 0.0101. The number of anilines is 2. The Hall–Kier alpha value is -4.10. The molecule has 0 bridgehead atoms. The molecule has 0 saturated heterocycles. The molecule has 0 radical (unpaired) electrons. The van der Waals surface area contributed by atoms with Crippen LogP contribution in [0.3, 0.4) is 0 Å². The summed E-state index contributed by atoms with van der Waals surface area (Å²) < 4.78 is 38.8. The number of ether oxygens (including phenoxy) is 2. The quantitative estimate of drug-likeness (QED) is 0.204. The molecule has 11 nitrogen and oxygen atoms in total. The van der Waals surface area contributed by atoms with Crippen molar-refractivity contribution in [2.75, 3.05) is 43.6 Å². The molecule has 4 N–H and O–H groups in total. The van der Waals surface area contributed by atoms with Crippen LogP contribution in [0.4, 0.5) is 11.5 Å². The van der Waals surface area contributed by atoms with Crippen LogP contribution in [0.2, 0.25) is 0 Å². The number of nitrogens with two attached hydrogens (primary N) is 1. The highest BCUT2D eigenvalue weighted by molar-refractivity contribution is 7.90. The summed E-state index contributed by atoms with van der Waals surface area (Å²) in [5, 5.41) is 5.92. The van der Waals surface area contributed by atoms with Gasteiger partial charge in [-0.05, 0) is 55.8 Å². The lowest BCUT2D eigenvalue weighted by Crippen LogP contribution is -2.20. The van der Waals surface area contributed by atoms with E-state index in [4.69, 9.17) is 15.2 Å². The molecule has 2 heterocycles. The number of nitrogens with one attached hydrogen (secondary N) is 2. The summed E-state index contributed by atoms with van der Waals surface area (Å²) in [6.07, 6.45) is 3.04. The van der Waals surface area contributed by atoms with Crippen molar-refractivity contribution in [3.8, 4) is 0 Å². The highest BCUT2D eigenvalue weighted by Crippen LogP contribution is 2.32. The first-order valence-electron chi connectivity index (χ1n) is 13.1. The number of benzene rings is 2. The maximum absolute atomic E-state index is 13.5. The molecule has 2 aromatic heterocycles. The monoisotopic (exact) mass is 579 g/mol. The van der Waals surface area contributed by atoms with Crippen LogP contribution in [0.15, 0.2) is 71.9 Å². The van der Waals surface area contributed by atoms with Gasteiger partial charge in [-0.25, -0.2) is 17.4 Å². The van der Waals surface area contributed by atoms with Gasteiger partial charge in [-0.2, -0.15) is 0 Å². The average molecular weight is 580 g/mol. The fourth-order valence-corrected chi connectivity index (χ4v) is 5.39. The molecule has 0 saturated carbocycles. The fraction of sp³-hybridized carbons (Fsp3) is 0.276. The molecule has 2 aromatic carbocycles. The van der Waals surface area contributed by atoms with Crippen molar-refractivity contribution in [1.29, 1.82) is 0 Å². The largest absolute Gasteiger partial charge is 0.379 e. The SMILES string of the molecule is Cc1ccc(S(=O)(=O)n2ccc3c(NC(=O)CCOCCOCCN)c(C(=O)Nc4ccc(C)cn4)ccc32)cc1. The Labute approximate surface area is 238 Å². The zero-order valence-corrected chi connectivity index (χ0v) is 23.7. The van der Waals surface area contributed by atoms with Gasteiger partial charge in [0.2, 0.25) is 5.91 Å². The van der Waals surface area contributed by atoms with E-state index in [0.717, 1.165) is 15.1 Å². The van der Waals surface area contributed by atoms with E-state index in [1.165, 1.54) is 24.4 Å². The van der Waals surface area contributed by atoms with Crippen molar-refractivity contribution in [2.24, 2.45) is 5.73 Å². The van der Waals surface area contributed by atoms with Crippen molar-refractivity contribution < 1.29 is 27.5 Å². The third kappa shape index (κ3) is 7.35. The normalized spacial score (nSPS) is 11.5. The summed E-state index contributed by atoms with van der Waals surface area (Å²) in [6.45, 7) is 5.39. The molecule has 41 heavy (non-hydrogen) atoms. The number of pyridine rings is 1. The number of aryl methyl sites for hydroxylation is 2. The first kappa shape index (κ1) is 29.9.